The summed E-state index contributed by atoms with van der Waals surface area (Å²) in [5.41, 5.74) is 0.961. The molecule has 0 heterocycles. The maximum absolute atomic E-state index is 11.9. The molecule has 1 aliphatic rings. The normalized spacial score (nSPS) is 15.3. The van der Waals surface area contributed by atoms with Gasteiger partial charge in [-0.25, -0.2) is 0 Å². The minimum absolute atomic E-state index is 0.00207. The van der Waals surface area contributed by atoms with Crippen molar-refractivity contribution in [3.8, 4) is 0 Å². The molecule has 0 saturated heterocycles. The van der Waals surface area contributed by atoms with Crippen LogP contribution in [-0.4, -0.2) is 11.0 Å². The number of rotatable bonds is 5. The SMILES string of the molecule is O=C(CCC1CCCCC1)NC(=S)NCc1ccccc1Cl. The summed E-state index contributed by atoms with van der Waals surface area (Å²) < 4.78 is 0. The van der Waals surface area contributed by atoms with Gasteiger partial charge in [-0.15, -0.1) is 0 Å². The highest BCUT2D eigenvalue weighted by Crippen LogP contribution is 2.27. The molecule has 1 aliphatic carbocycles. The number of carbonyl (C=O) groups excluding carboxylic acids is 1. The molecule has 1 aromatic carbocycles. The lowest BCUT2D eigenvalue weighted by Crippen LogP contribution is -2.39. The zero-order valence-electron chi connectivity index (χ0n) is 12.7. The van der Waals surface area contributed by atoms with Crippen LogP contribution in [0.15, 0.2) is 24.3 Å². The van der Waals surface area contributed by atoms with Crippen molar-refractivity contribution in [3.63, 3.8) is 0 Å². The summed E-state index contributed by atoms with van der Waals surface area (Å²) in [5, 5.41) is 6.84. The summed E-state index contributed by atoms with van der Waals surface area (Å²) in [6.45, 7) is 0.515. The first-order valence-corrected chi connectivity index (χ1v) is 8.75. The third-order valence-electron chi connectivity index (χ3n) is 4.15. The zero-order valence-corrected chi connectivity index (χ0v) is 14.3. The molecule has 0 spiro atoms. The van der Waals surface area contributed by atoms with E-state index >= 15 is 0 Å². The summed E-state index contributed by atoms with van der Waals surface area (Å²) in [5.74, 6) is 0.714. The molecular formula is C17H23ClN2OS. The Kier molecular flexibility index (Phi) is 7.13. The van der Waals surface area contributed by atoms with Gasteiger partial charge in [-0.3, -0.25) is 4.79 Å². The average Bonchev–Trinajstić information content (AvgIpc) is 2.53. The Labute approximate surface area is 142 Å². The predicted octanol–water partition coefficient (Wildman–Crippen LogP) is 4.19. The molecule has 22 heavy (non-hydrogen) atoms. The van der Waals surface area contributed by atoms with Gasteiger partial charge in [0.2, 0.25) is 5.91 Å². The second-order valence-corrected chi connectivity index (χ2v) is 6.68. The number of hydrogen-bond acceptors (Lipinski definition) is 2. The van der Waals surface area contributed by atoms with Crippen LogP contribution in [0, 0.1) is 5.92 Å². The Morgan fingerprint density at radius 1 is 1.23 bits per heavy atom. The Morgan fingerprint density at radius 2 is 1.95 bits per heavy atom. The molecule has 0 unspecified atom stereocenters. The van der Waals surface area contributed by atoms with Crippen LogP contribution < -0.4 is 10.6 Å². The van der Waals surface area contributed by atoms with Gasteiger partial charge in [-0.05, 0) is 36.2 Å². The van der Waals surface area contributed by atoms with Gasteiger partial charge in [0.25, 0.3) is 0 Å². The first kappa shape index (κ1) is 17.2. The van der Waals surface area contributed by atoms with Crippen molar-refractivity contribution in [2.24, 2.45) is 5.92 Å². The monoisotopic (exact) mass is 338 g/mol. The molecule has 0 atom stereocenters. The predicted molar refractivity (Wildman–Crippen MR) is 94.8 cm³/mol. The zero-order chi connectivity index (χ0) is 15.8. The van der Waals surface area contributed by atoms with Crippen LogP contribution in [0.3, 0.4) is 0 Å². The molecule has 0 aliphatic heterocycles. The first-order chi connectivity index (χ1) is 10.6. The molecular weight excluding hydrogens is 316 g/mol. The van der Waals surface area contributed by atoms with E-state index in [2.05, 4.69) is 10.6 Å². The van der Waals surface area contributed by atoms with E-state index in [0.717, 1.165) is 12.0 Å². The molecule has 1 fully saturated rings. The van der Waals surface area contributed by atoms with Crippen LogP contribution in [0.4, 0.5) is 0 Å². The lowest BCUT2D eigenvalue weighted by Gasteiger charge is -2.21. The van der Waals surface area contributed by atoms with E-state index in [0.29, 0.717) is 29.0 Å². The molecule has 120 valence electrons. The number of thiocarbonyl (C=S) groups is 1. The number of carbonyl (C=O) groups is 1. The molecule has 3 nitrogen and oxygen atoms in total. The maximum Gasteiger partial charge on any atom is 0.226 e. The number of halogens is 1. The minimum Gasteiger partial charge on any atom is -0.358 e. The van der Waals surface area contributed by atoms with Crippen molar-refractivity contribution >= 4 is 34.8 Å². The highest BCUT2D eigenvalue weighted by atomic mass is 35.5. The van der Waals surface area contributed by atoms with E-state index in [1.807, 2.05) is 24.3 Å². The smallest absolute Gasteiger partial charge is 0.226 e. The maximum atomic E-state index is 11.9. The van der Waals surface area contributed by atoms with E-state index < -0.39 is 0 Å². The van der Waals surface area contributed by atoms with Gasteiger partial charge in [0, 0.05) is 18.0 Å². The summed E-state index contributed by atoms with van der Waals surface area (Å²) in [4.78, 5) is 11.9. The molecule has 5 heteroatoms. The molecule has 0 radical (unpaired) electrons. The largest absolute Gasteiger partial charge is 0.358 e. The second-order valence-electron chi connectivity index (χ2n) is 5.86. The van der Waals surface area contributed by atoms with E-state index in [9.17, 15) is 4.79 Å². The highest BCUT2D eigenvalue weighted by Gasteiger charge is 2.15. The standard InChI is InChI=1S/C17H23ClN2OS/c18-15-9-5-4-8-14(15)12-19-17(22)20-16(21)11-10-13-6-2-1-3-7-13/h4-5,8-9,13H,1-3,6-7,10-12H2,(H2,19,20,21,22). The average molecular weight is 339 g/mol. The quantitative estimate of drug-likeness (QED) is 0.791. The van der Waals surface area contributed by atoms with Crippen molar-refractivity contribution in [1.82, 2.24) is 10.6 Å². The van der Waals surface area contributed by atoms with Crippen LogP contribution in [0.1, 0.15) is 50.5 Å². The molecule has 0 bridgehead atoms. The minimum atomic E-state index is 0.00207. The Morgan fingerprint density at radius 3 is 2.68 bits per heavy atom. The van der Waals surface area contributed by atoms with Gasteiger partial charge in [-0.2, -0.15) is 0 Å². The van der Waals surface area contributed by atoms with E-state index in [1.165, 1.54) is 32.1 Å². The van der Waals surface area contributed by atoms with Gasteiger partial charge in [0.15, 0.2) is 5.11 Å². The van der Waals surface area contributed by atoms with Crippen LogP contribution in [-0.2, 0) is 11.3 Å². The Bertz CT molecular complexity index is 515. The van der Waals surface area contributed by atoms with E-state index in [-0.39, 0.29) is 5.91 Å². The van der Waals surface area contributed by atoms with E-state index in [4.69, 9.17) is 23.8 Å². The van der Waals surface area contributed by atoms with Crippen molar-refractivity contribution < 1.29 is 4.79 Å². The van der Waals surface area contributed by atoms with Crippen LogP contribution >= 0.6 is 23.8 Å². The van der Waals surface area contributed by atoms with Gasteiger partial charge >= 0.3 is 0 Å². The number of benzene rings is 1. The lowest BCUT2D eigenvalue weighted by atomic mass is 9.86. The summed E-state index contributed by atoms with van der Waals surface area (Å²) >= 11 is 11.2. The third-order valence-corrected chi connectivity index (χ3v) is 4.77. The molecule has 2 N–H and O–H groups in total. The molecule has 1 amide bonds. The van der Waals surface area contributed by atoms with Crippen molar-refractivity contribution in [3.05, 3.63) is 34.9 Å². The van der Waals surface area contributed by atoms with E-state index in [1.54, 1.807) is 0 Å². The fourth-order valence-electron chi connectivity index (χ4n) is 2.86. The van der Waals surface area contributed by atoms with Crippen molar-refractivity contribution in [1.29, 1.82) is 0 Å². The topological polar surface area (TPSA) is 41.1 Å². The summed E-state index contributed by atoms with van der Waals surface area (Å²) in [6.07, 6.45) is 8.02. The Hall–Kier alpha value is -1.13. The van der Waals surface area contributed by atoms with Gasteiger partial charge in [0.1, 0.15) is 0 Å². The first-order valence-electron chi connectivity index (χ1n) is 7.96. The number of hydrogen-bond donors (Lipinski definition) is 2. The molecule has 2 rings (SSSR count). The van der Waals surface area contributed by atoms with Gasteiger partial charge in [0.05, 0.1) is 0 Å². The highest BCUT2D eigenvalue weighted by molar-refractivity contribution is 7.80. The number of amides is 1. The lowest BCUT2D eigenvalue weighted by molar-refractivity contribution is -0.120. The third kappa shape index (κ3) is 5.93. The number of nitrogens with one attached hydrogen (secondary N) is 2. The molecule has 1 aromatic rings. The van der Waals surface area contributed by atoms with Gasteiger partial charge < -0.3 is 10.6 Å². The van der Waals surface area contributed by atoms with Crippen LogP contribution in [0.5, 0.6) is 0 Å². The summed E-state index contributed by atoms with van der Waals surface area (Å²) in [6, 6.07) is 7.58. The van der Waals surface area contributed by atoms with Crippen LogP contribution in [0.25, 0.3) is 0 Å². The molecule has 0 aromatic heterocycles. The fourth-order valence-corrected chi connectivity index (χ4v) is 3.25. The molecule has 1 saturated carbocycles. The fraction of sp³-hybridized carbons (Fsp3) is 0.529. The van der Waals surface area contributed by atoms with Gasteiger partial charge in [-0.1, -0.05) is 61.9 Å². The van der Waals surface area contributed by atoms with Crippen molar-refractivity contribution in [2.75, 3.05) is 0 Å². The summed E-state index contributed by atoms with van der Waals surface area (Å²) in [7, 11) is 0. The van der Waals surface area contributed by atoms with Crippen LogP contribution in [0.2, 0.25) is 5.02 Å². The Balaban J connectivity index is 1.65. The van der Waals surface area contributed by atoms with Crippen molar-refractivity contribution in [2.45, 2.75) is 51.5 Å². The second kappa shape index (κ2) is 9.11.